The molecule has 0 aliphatic carbocycles. The lowest BCUT2D eigenvalue weighted by Gasteiger charge is -2.40. The fourth-order valence-electron chi connectivity index (χ4n) is 2.15. The van der Waals surface area contributed by atoms with Gasteiger partial charge in [0.05, 0.1) is 17.4 Å². The predicted octanol–water partition coefficient (Wildman–Crippen LogP) is 0.278. The Morgan fingerprint density at radius 3 is 2.52 bits per heavy atom. The smallest absolute Gasteiger partial charge is 0.337 e. The minimum atomic E-state index is -1.42. The number of carbonyl (C=O) groups is 1. The maximum atomic E-state index is 11.2. The number of hydrogen-bond donors (Lipinski definition) is 5. The van der Waals surface area contributed by atoms with E-state index in [-0.39, 0.29) is 11.3 Å². The molecule has 0 saturated carbocycles. The Morgan fingerprint density at radius 2 is 1.90 bits per heavy atom. The fourth-order valence-corrected chi connectivity index (χ4v) is 2.32. The van der Waals surface area contributed by atoms with E-state index in [2.05, 4.69) is 5.32 Å². The quantitative estimate of drug-likeness (QED) is 0.543. The highest BCUT2D eigenvalue weighted by atomic mass is 35.5. The van der Waals surface area contributed by atoms with Crippen LogP contribution in [0.4, 0.5) is 5.69 Å². The van der Waals surface area contributed by atoms with Gasteiger partial charge in [0, 0.05) is 5.02 Å². The van der Waals surface area contributed by atoms with Gasteiger partial charge in [0.25, 0.3) is 0 Å². The van der Waals surface area contributed by atoms with Crippen molar-refractivity contribution in [3.8, 4) is 0 Å². The van der Waals surface area contributed by atoms with E-state index in [0.29, 0.717) is 5.02 Å². The van der Waals surface area contributed by atoms with Crippen LogP contribution in [-0.4, -0.2) is 57.0 Å². The van der Waals surface area contributed by atoms with Crippen molar-refractivity contribution in [2.24, 2.45) is 0 Å². The summed E-state index contributed by atoms with van der Waals surface area (Å²) in [4.78, 5) is 11.2. The summed E-state index contributed by atoms with van der Waals surface area (Å²) in [7, 11) is 0. The second-order valence-corrected chi connectivity index (χ2v) is 5.31. The lowest BCUT2D eigenvalue weighted by Crippen LogP contribution is -2.58. The van der Waals surface area contributed by atoms with Crippen LogP contribution in [0.5, 0.6) is 0 Å². The number of carboxylic acid groups (broad SMARTS) is 1. The van der Waals surface area contributed by atoms with Crippen LogP contribution in [0, 0.1) is 0 Å². The number of nitrogens with one attached hydrogen (secondary N) is 1. The summed E-state index contributed by atoms with van der Waals surface area (Å²) in [5.41, 5.74) is 0.0957. The highest BCUT2D eigenvalue weighted by molar-refractivity contribution is 6.31. The Morgan fingerprint density at radius 1 is 1.24 bits per heavy atom. The van der Waals surface area contributed by atoms with Crippen molar-refractivity contribution in [1.29, 1.82) is 0 Å². The number of anilines is 1. The normalized spacial score (nSPS) is 32.7. The van der Waals surface area contributed by atoms with Crippen LogP contribution in [0.3, 0.4) is 0 Å². The van der Waals surface area contributed by atoms with Gasteiger partial charge < -0.3 is 30.5 Å². The summed E-state index contributed by atoms with van der Waals surface area (Å²) in [6, 6.07) is 4.12. The van der Waals surface area contributed by atoms with Crippen LogP contribution >= 0.6 is 11.6 Å². The first-order valence-electron chi connectivity index (χ1n) is 6.30. The van der Waals surface area contributed by atoms with E-state index in [0.717, 1.165) is 0 Å². The third kappa shape index (κ3) is 3.28. The molecule has 7 nitrogen and oxygen atoms in total. The number of halogens is 1. The Hall–Kier alpha value is -1.38. The standard InChI is InChI=1S/C13H16ClNO6/c1-5-9(16)10(17)11(18)12(21-5)15-8-4-6(14)2-3-7(8)13(19)20/h2-5,9-12,15-18H,1H3,(H,19,20)/t5-,9-,10-,11+,12-/m0/s1. The van der Waals surface area contributed by atoms with Crippen molar-refractivity contribution in [2.45, 2.75) is 37.6 Å². The minimum Gasteiger partial charge on any atom is -0.478 e. The van der Waals surface area contributed by atoms with Gasteiger partial charge in [0.1, 0.15) is 18.3 Å². The SMILES string of the molecule is C[C@@H]1O[C@H](Nc2cc(Cl)ccc2C(=O)O)[C@H](O)[C@@H](O)[C@H]1O. The van der Waals surface area contributed by atoms with Gasteiger partial charge in [-0.2, -0.15) is 0 Å². The van der Waals surface area contributed by atoms with Gasteiger partial charge >= 0.3 is 5.97 Å². The maximum absolute atomic E-state index is 11.2. The zero-order chi connectivity index (χ0) is 15.7. The summed E-state index contributed by atoms with van der Waals surface area (Å²) in [6.45, 7) is 1.53. The number of carboxylic acids is 1. The summed E-state index contributed by atoms with van der Waals surface area (Å²) in [5.74, 6) is -1.17. The molecule has 1 heterocycles. The molecule has 1 aromatic carbocycles. The van der Waals surface area contributed by atoms with Crippen LogP contribution in [0.1, 0.15) is 17.3 Å². The topological polar surface area (TPSA) is 119 Å². The van der Waals surface area contributed by atoms with Crippen LogP contribution < -0.4 is 5.32 Å². The highest BCUT2D eigenvalue weighted by Crippen LogP contribution is 2.26. The average Bonchev–Trinajstić information content (AvgIpc) is 2.42. The fraction of sp³-hybridized carbons (Fsp3) is 0.462. The molecule has 5 N–H and O–H groups in total. The number of benzene rings is 1. The van der Waals surface area contributed by atoms with Gasteiger partial charge in [0.2, 0.25) is 0 Å². The van der Waals surface area contributed by atoms with E-state index in [9.17, 15) is 20.1 Å². The molecule has 1 aliphatic heterocycles. The van der Waals surface area contributed by atoms with Gasteiger partial charge in [-0.3, -0.25) is 0 Å². The van der Waals surface area contributed by atoms with E-state index < -0.39 is 36.6 Å². The molecule has 5 atom stereocenters. The molecule has 1 aliphatic rings. The first kappa shape index (κ1) is 16.0. The van der Waals surface area contributed by atoms with Crippen molar-refractivity contribution >= 4 is 23.3 Å². The Balaban J connectivity index is 2.25. The summed E-state index contributed by atoms with van der Waals surface area (Å²) < 4.78 is 5.35. The molecule has 1 saturated heterocycles. The molecule has 0 amide bonds. The Labute approximate surface area is 125 Å². The van der Waals surface area contributed by atoms with Crippen molar-refractivity contribution in [3.63, 3.8) is 0 Å². The van der Waals surface area contributed by atoms with Crippen LogP contribution in [0.25, 0.3) is 0 Å². The molecule has 8 heteroatoms. The van der Waals surface area contributed by atoms with Gasteiger partial charge in [-0.15, -0.1) is 0 Å². The van der Waals surface area contributed by atoms with E-state index in [4.69, 9.17) is 21.4 Å². The molecule has 0 spiro atoms. The van der Waals surface area contributed by atoms with Crippen molar-refractivity contribution in [3.05, 3.63) is 28.8 Å². The molecule has 116 valence electrons. The molecular weight excluding hydrogens is 302 g/mol. The van der Waals surface area contributed by atoms with Crippen LogP contribution in [-0.2, 0) is 4.74 Å². The zero-order valence-electron chi connectivity index (χ0n) is 11.1. The second kappa shape index (κ2) is 6.17. The van der Waals surface area contributed by atoms with E-state index in [1.807, 2.05) is 0 Å². The minimum absolute atomic E-state index is 0.0523. The number of aromatic carboxylic acids is 1. The molecule has 0 radical (unpaired) electrons. The number of aliphatic hydroxyl groups excluding tert-OH is 3. The third-order valence-electron chi connectivity index (χ3n) is 3.36. The van der Waals surface area contributed by atoms with Gasteiger partial charge in [-0.05, 0) is 25.1 Å². The van der Waals surface area contributed by atoms with Crippen molar-refractivity contribution in [1.82, 2.24) is 0 Å². The van der Waals surface area contributed by atoms with Crippen LogP contribution in [0.15, 0.2) is 18.2 Å². The summed E-state index contributed by atoms with van der Waals surface area (Å²) >= 11 is 5.83. The molecule has 0 aromatic heterocycles. The molecular formula is C13H16ClNO6. The molecule has 0 bridgehead atoms. The third-order valence-corrected chi connectivity index (χ3v) is 3.60. The molecule has 0 unspecified atom stereocenters. The van der Waals surface area contributed by atoms with Gasteiger partial charge in [-0.1, -0.05) is 11.6 Å². The average molecular weight is 318 g/mol. The molecule has 2 rings (SSSR count). The maximum Gasteiger partial charge on any atom is 0.337 e. The molecule has 1 aromatic rings. The Kier molecular flexibility index (Phi) is 4.70. The van der Waals surface area contributed by atoms with Crippen molar-refractivity contribution in [2.75, 3.05) is 5.32 Å². The number of ether oxygens (including phenoxy) is 1. The number of rotatable bonds is 3. The second-order valence-electron chi connectivity index (χ2n) is 4.87. The lowest BCUT2D eigenvalue weighted by atomic mass is 9.99. The lowest BCUT2D eigenvalue weighted by molar-refractivity contribution is -0.209. The van der Waals surface area contributed by atoms with Crippen LogP contribution in [0.2, 0.25) is 5.02 Å². The van der Waals surface area contributed by atoms with E-state index in [1.54, 1.807) is 0 Å². The van der Waals surface area contributed by atoms with E-state index in [1.165, 1.54) is 25.1 Å². The molecule has 21 heavy (non-hydrogen) atoms. The predicted molar refractivity (Wildman–Crippen MR) is 74.4 cm³/mol. The highest BCUT2D eigenvalue weighted by Gasteiger charge is 2.42. The van der Waals surface area contributed by atoms with Crippen molar-refractivity contribution < 1.29 is 30.0 Å². The number of hydrogen-bond acceptors (Lipinski definition) is 6. The molecule has 1 fully saturated rings. The summed E-state index contributed by atoms with van der Waals surface area (Å²) in [6.07, 6.45) is -5.85. The number of aliphatic hydroxyl groups is 3. The summed E-state index contributed by atoms with van der Waals surface area (Å²) in [5, 5.41) is 41.4. The first-order valence-corrected chi connectivity index (χ1v) is 6.68. The van der Waals surface area contributed by atoms with E-state index >= 15 is 0 Å². The zero-order valence-corrected chi connectivity index (χ0v) is 11.9. The monoisotopic (exact) mass is 317 g/mol. The van der Waals surface area contributed by atoms with Gasteiger partial charge in [-0.25, -0.2) is 4.79 Å². The Bertz CT molecular complexity index is 539. The first-order chi connectivity index (χ1) is 9.81. The largest absolute Gasteiger partial charge is 0.478 e. The van der Waals surface area contributed by atoms with Gasteiger partial charge in [0.15, 0.2) is 6.23 Å².